The Bertz CT molecular complexity index is 597. The zero-order chi connectivity index (χ0) is 14.5. The van der Waals surface area contributed by atoms with Crippen molar-refractivity contribution < 1.29 is 9.13 Å². The van der Waals surface area contributed by atoms with E-state index >= 15 is 0 Å². The van der Waals surface area contributed by atoms with Gasteiger partial charge in [-0.2, -0.15) is 0 Å². The number of para-hydroxylation sites is 1. The van der Waals surface area contributed by atoms with Gasteiger partial charge in [0.1, 0.15) is 17.7 Å². The van der Waals surface area contributed by atoms with Crippen molar-refractivity contribution in [2.24, 2.45) is 4.99 Å². The molecule has 1 saturated carbocycles. The molecular weight excluding hydrogens is 265 g/mol. The quantitative estimate of drug-likeness (QED) is 0.732. The fourth-order valence-corrected chi connectivity index (χ4v) is 2.42. The molecular formula is C18H18FNO. The minimum Gasteiger partial charge on any atom is -0.457 e. The predicted molar refractivity (Wildman–Crippen MR) is 83.4 cm³/mol. The maximum atomic E-state index is 13.1. The maximum absolute atomic E-state index is 13.1. The second-order valence-electron chi connectivity index (χ2n) is 5.26. The van der Waals surface area contributed by atoms with Gasteiger partial charge in [0, 0.05) is 5.71 Å². The van der Waals surface area contributed by atoms with Gasteiger partial charge in [0.25, 0.3) is 0 Å². The molecule has 1 fully saturated rings. The highest BCUT2D eigenvalue weighted by atomic mass is 19.1. The Morgan fingerprint density at radius 1 is 0.857 bits per heavy atom. The third-order valence-corrected chi connectivity index (χ3v) is 3.60. The normalized spacial score (nSPS) is 18.3. The molecule has 0 aromatic heterocycles. The van der Waals surface area contributed by atoms with Gasteiger partial charge in [0.05, 0.1) is 5.69 Å². The van der Waals surface area contributed by atoms with Gasteiger partial charge in [-0.1, -0.05) is 18.2 Å². The van der Waals surface area contributed by atoms with Gasteiger partial charge in [0.15, 0.2) is 0 Å². The molecule has 0 bridgehead atoms. The molecule has 0 radical (unpaired) electrons. The highest BCUT2D eigenvalue weighted by molar-refractivity contribution is 5.87. The summed E-state index contributed by atoms with van der Waals surface area (Å²) in [5.74, 6) is 1.61. The Kier molecular flexibility index (Phi) is 4.29. The molecule has 3 rings (SSSR count). The molecule has 0 saturated heterocycles. The maximum Gasteiger partial charge on any atom is 0.127 e. The molecule has 2 aromatic rings. The summed E-state index contributed by atoms with van der Waals surface area (Å²) < 4.78 is 18.8. The van der Waals surface area contributed by atoms with E-state index < -0.39 is 6.17 Å². The number of nitrogens with zero attached hydrogens (tertiary/aromatic N) is 1. The van der Waals surface area contributed by atoms with Gasteiger partial charge < -0.3 is 4.74 Å². The van der Waals surface area contributed by atoms with Crippen LogP contribution >= 0.6 is 0 Å². The summed E-state index contributed by atoms with van der Waals surface area (Å²) in [5, 5.41) is 0. The van der Waals surface area contributed by atoms with E-state index in [0.717, 1.165) is 35.7 Å². The van der Waals surface area contributed by atoms with Crippen LogP contribution in [0.2, 0.25) is 0 Å². The number of halogens is 1. The van der Waals surface area contributed by atoms with Crippen molar-refractivity contribution in [1.29, 1.82) is 0 Å². The highest BCUT2D eigenvalue weighted by Gasteiger charge is 2.16. The zero-order valence-corrected chi connectivity index (χ0v) is 11.8. The largest absolute Gasteiger partial charge is 0.457 e. The summed E-state index contributed by atoms with van der Waals surface area (Å²) in [6.45, 7) is 0. The molecule has 0 spiro atoms. The van der Waals surface area contributed by atoms with Gasteiger partial charge in [-0.05, 0) is 62.1 Å². The van der Waals surface area contributed by atoms with Crippen LogP contribution in [-0.4, -0.2) is 11.9 Å². The van der Waals surface area contributed by atoms with Gasteiger partial charge in [-0.25, -0.2) is 4.39 Å². The Morgan fingerprint density at radius 3 is 2.14 bits per heavy atom. The Morgan fingerprint density at radius 2 is 1.48 bits per heavy atom. The first kappa shape index (κ1) is 13.8. The van der Waals surface area contributed by atoms with Gasteiger partial charge in [-0.3, -0.25) is 4.99 Å². The van der Waals surface area contributed by atoms with E-state index in [1.54, 1.807) is 0 Å². The summed E-state index contributed by atoms with van der Waals surface area (Å²) in [7, 11) is 0. The first-order valence-corrected chi connectivity index (χ1v) is 7.33. The third-order valence-electron chi connectivity index (χ3n) is 3.60. The van der Waals surface area contributed by atoms with E-state index in [1.807, 2.05) is 54.6 Å². The molecule has 0 N–H and O–H groups in total. The Labute approximate surface area is 124 Å². The van der Waals surface area contributed by atoms with Crippen LogP contribution in [0.1, 0.15) is 25.7 Å². The smallest absolute Gasteiger partial charge is 0.127 e. The standard InChI is InChI=1S/C18H18FNO/c19-14-6-8-15(9-7-14)20-16-10-12-18(13-11-16)21-17-4-2-1-3-5-17/h1-5,10-14H,6-9H2. The van der Waals surface area contributed by atoms with E-state index in [1.165, 1.54) is 0 Å². The van der Waals surface area contributed by atoms with Crippen LogP contribution in [0.15, 0.2) is 59.6 Å². The van der Waals surface area contributed by atoms with E-state index in [-0.39, 0.29) is 0 Å². The number of hydrogen-bond donors (Lipinski definition) is 0. The van der Waals surface area contributed by atoms with E-state index in [4.69, 9.17) is 4.74 Å². The Hall–Kier alpha value is -2.16. The van der Waals surface area contributed by atoms with Crippen LogP contribution < -0.4 is 4.74 Å². The van der Waals surface area contributed by atoms with Crippen molar-refractivity contribution in [3.8, 4) is 11.5 Å². The topological polar surface area (TPSA) is 21.6 Å². The molecule has 0 heterocycles. The second-order valence-corrected chi connectivity index (χ2v) is 5.26. The lowest BCUT2D eigenvalue weighted by atomic mass is 9.97. The molecule has 0 aliphatic heterocycles. The van der Waals surface area contributed by atoms with E-state index in [0.29, 0.717) is 12.8 Å². The average molecular weight is 283 g/mol. The number of benzene rings is 2. The lowest BCUT2D eigenvalue weighted by Gasteiger charge is -2.16. The van der Waals surface area contributed by atoms with Gasteiger partial charge in [-0.15, -0.1) is 0 Å². The number of alkyl halides is 1. The molecule has 3 heteroatoms. The van der Waals surface area contributed by atoms with E-state index in [2.05, 4.69) is 4.99 Å². The lowest BCUT2D eigenvalue weighted by molar-refractivity contribution is 0.292. The monoisotopic (exact) mass is 283 g/mol. The van der Waals surface area contributed by atoms with Crippen molar-refractivity contribution in [3.05, 3.63) is 54.6 Å². The van der Waals surface area contributed by atoms with Crippen LogP contribution in [0, 0.1) is 0 Å². The summed E-state index contributed by atoms with van der Waals surface area (Å²) >= 11 is 0. The van der Waals surface area contributed by atoms with Crippen molar-refractivity contribution in [1.82, 2.24) is 0 Å². The van der Waals surface area contributed by atoms with Crippen molar-refractivity contribution in [2.75, 3.05) is 0 Å². The van der Waals surface area contributed by atoms with Gasteiger partial charge in [0.2, 0.25) is 0 Å². The van der Waals surface area contributed by atoms with Crippen molar-refractivity contribution >= 4 is 11.4 Å². The van der Waals surface area contributed by atoms with Gasteiger partial charge >= 0.3 is 0 Å². The second kappa shape index (κ2) is 6.53. The van der Waals surface area contributed by atoms with Crippen LogP contribution in [0.5, 0.6) is 11.5 Å². The molecule has 21 heavy (non-hydrogen) atoms. The number of rotatable bonds is 3. The van der Waals surface area contributed by atoms with Crippen LogP contribution in [0.3, 0.4) is 0 Å². The lowest BCUT2D eigenvalue weighted by Crippen LogP contribution is -2.14. The fraction of sp³-hybridized carbons (Fsp3) is 0.278. The van der Waals surface area contributed by atoms with Crippen molar-refractivity contribution in [3.63, 3.8) is 0 Å². The summed E-state index contributed by atoms with van der Waals surface area (Å²) in [4.78, 5) is 4.60. The molecule has 2 aromatic carbocycles. The molecule has 108 valence electrons. The van der Waals surface area contributed by atoms with E-state index in [9.17, 15) is 4.39 Å². The van der Waals surface area contributed by atoms with Crippen molar-refractivity contribution in [2.45, 2.75) is 31.9 Å². The fourth-order valence-electron chi connectivity index (χ4n) is 2.42. The minimum atomic E-state index is -0.648. The molecule has 0 atom stereocenters. The SMILES string of the molecule is FC1CCC(=Nc2ccc(Oc3ccccc3)cc2)CC1. The first-order valence-electron chi connectivity index (χ1n) is 7.33. The van der Waals surface area contributed by atoms with Crippen LogP contribution in [-0.2, 0) is 0 Å². The summed E-state index contributed by atoms with van der Waals surface area (Å²) in [6, 6.07) is 17.4. The minimum absolute atomic E-state index is 0.605. The average Bonchev–Trinajstić information content (AvgIpc) is 2.53. The van der Waals surface area contributed by atoms with Crippen LogP contribution in [0.4, 0.5) is 10.1 Å². The number of ether oxygens (including phenoxy) is 1. The number of hydrogen-bond acceptors (Lipinski definition) is 2. The van der Waals surface area contributed by atoms with Crippen LogP contribution in [0.25, 0.3) is 0 Å². The zero-order valence-electron chi connectivity index (χ0n) is 11.8. The molecule has 1 aliphatic carbocycles. The Balaban J connectivity index is 1.65. The predicted octanol–water partition coefficient (Wildman–Crippen LogP) is 5.46. The molecule has 2 nitrogen and oxygen atoms in total. The first-order chi connectivity index (χ1) is 10.3. The summed E-state index contributed by atoms with van der Waals surface area (Å²) in [6.07, 6.45) is 2.10. The summed E-state index contributed by atoms with van der Waals surface area (Å²) in [5.41, 5.74) is 2.00. The number of aliphatic imine (C=N–C) groups is 1. The molecule has 1 aliphatic rings. The molecule has 0 unspecified atom stereocenters. The molecule has 0 amide bonds. The highest BCUT2D eigenvalue weighted by Crippen LogP contribution is 2.26. The third kappa shape index (κ3) is 3.91.